The quantitative estimate of drug-likeness (QED) is 0.846. The van der Waals surface area contributed by atoms with Crippen molar-refractivity contribution < 1.29 is 14.7 Å². The molecule has 0 spiro atoms. The largest absolute Gasteiger partial charge is 0.481 e. The first kappa shape index (κ1) is 13.1. The molecule has 2 rings (SSSR count). The number of fused-ring (bicyclic) bond motifs is 1. The Morgan fingerprint density at radius 3 is 2.89 bits per heavy atom. The average molecular weight is 261 g/mol. The molecule has 0 aliphatic rings. The Hall–Kier alpha value is -2.37. The summed E-state index contributed by atoms with van der Waals surface area (Å²) in [6.07, 6.45) is 3.89. The molecule has 0 aromatic carbocycles. The molecule has 2 heterocycles. The Morgan fingerprint density at radius 2 is 2.26 bits per heavy atom. The van der Waals surface area contributed by atoms with Gasteiger partial charge >= 0.3 is 5.97 Å². The Morgan fingerprint density at radius 1 is 1.47 bits per heavy atom. The molecular weight excluding hydrogens is 246 g/mol. The number of aliphatic carboxylic acids is 1. The molecule has 0 aliphatic carbocycles. The second-order valence-corrected chi connectivity index (χ2v) is 4.25. The van der Waals surface area contributed by atoms with Gasteiger partial charge in [0.1, 0.15) is 11.3 Å². The zero-order valence-corrected chi connectivity index (χ0v) is 10.5. The van der Waals surface area contributed by atoms with Crippen molar-refractivity contribution in [3.63, 3.8) is 0 Å². The Labute approximate surface area is 110 Å². The van der Waals surface area contributed by atoms with Crippen LogP contribution in [-0.4, -0.2) is 32.9 Å². The van der Waals surface area contributed by atoms with Crippen LogP contribution >= 0.6 is 0 Å². The number of nitrogens with zero attached hydrogens (tertiary/aromatic N) is 2. The summed E-state index contributed by atoms with van der Waals surface area (Å²) in [6.45, 7) is 1.88. The Balaban J connectivity index is 2.05. The number of rotatable bonds is 5. The molecule has 6 nitrogen and oxygen atoms in total. The lowest BCUT2D eigenvalue weighted by Crippen LogP contribution is -2.32. The maximum Gasteiger partial charge on any atom is 0.308 e. The van der Waals surface area contributed by atoms with E-state index in [-0.39, 0.29) is 18.1 Å². The molecule has 0 fully saturated rings. The fourth-order valence-corrected chi connectivity index (χ4v) is 1.76. The van der Waals surface area contributed by atoms with Gasteiger partial charge in [-0.05, 0) is 18.6 Å². The molecule has 19 heavy (non-hydrogen) atoms. The first-order chi connectivity index (χ1) is 9.11. The van der Waals surface area contributed by atoms with Gasteiger partial charge in [-0.3, -0.25) is 9.59 Å². The molecule has 100 valence electrons. The number of amides is 1. The number of hydrogen-bond acceptors (Lipinski definition) is 3. The van der Waals surface area contributed by atoms with E-state index < -0.39 is 11.9 Å². The van der Waals surface area contributed by atoms with Crippen molar-refractivity contribution in [1.82, 2.24) is 14.7 Å². The number of hydrogen-bond donors (Lipinski definition) is 2. The topological polar surface area (TPSA) is 83.7 Å². The minimum atomic E-state index is -0.905. The van der Waals surface area contributed by atoms with Crippen molar-refractivity contribution in [3.8, 4) is 0 Å². The SMILES string of the molecule is CCC(CNC(=O)c1cn2ccccc2n1)C(=O)O. The molecular formula is C13H15N3O3. The molecule has 1 atom stereocenters. The Bertz CT molecular complexity index is 573. The van der Waals surface area contributed by atoms with Crippen LogP contribution in [0.5, 0.6) is 0 Å². The molecule has 0 bridgehead atoms. The first-order valence-electron chi connectivity index (χ1n) is 6.06. The van der Waals surface area contributed by atoms with Crippen molar-refractivity contribution in [1.29, 1.82) is 0 Å². The highest BCUT2D eigenvalue weighted by Crippen LogP contribution is 2.05. The summed E-state index contributed by atoms with van der Waals surface area (Å²) in [7, 11) is 0. The van der Waals surface area contributed by atoms with Crippen molar-refractivity contribution in [2.24, 2.45) is 5.92 Å². The third kappa shape index (κ3) is 2.90. The zero-order valence-electron chi connectivity index (χ0n) is 10.5. The number of carboxylic acid groups (broad SMARTS) is 1. The lowest BCUT2D eigenvalue weighted by atomic mass is 10.1. The minimum Gasteiger partial charge on any atom is -0.481 e. The summed E-state index contributed by atoms with van der Waals surface area (Å²) in [5.41, 5.74) is 0.962. The van der Waals surface area contributed by atoms with Crippen LogP contribution in [-0.2, 0) is 4.79 Å². The zero-order chi connectivity index (χ0) is 13.8. The van der Waals surface area contributed by atoms with Crippen LogP contribution in [0.15, 0.2) is 30.6 Å². The van der Waals surface area contributed by atoms with E-state index in [0.717, 1.165) is 0 Å². The highest BCUT2D eigenvalue weighted by atomic mass is 16.4. The first-order valence-corrected chi connectivity index (χ1v) is 6.06. The second kappa shape index (κ2) is 5.51. The lowest BCUT2D eigenvalue weighted by molar-refractivity contribution is -0.141. The molecule has 2 aromatic heterocycles. The van der Waals surface area contributed by atoms with Crippen LogP contribution in [0.3, 0.4) is 0 Å². The predicted octanol–water partition coefficient (Wildman–Crippen LogP) is 1.17. The van der Waals surface area contributed by atoms with Crippen LogP contribution in [0.4, 0.5) is 0 Å². The van der Waals surface area contributed by atoms with Gasteiger partial charge in [0.15, 0.2) is 0 Å². The van der Waals surface area contributed by atoms with Crippen LogP contribution in [0.25, 0.3) is 5.65 Å². The van der Waals surface area contributed by atoms with Gasteiger partial charge in [0.25, 0.3) is 5.91 Å². The van der Waals surface area contributed by atoms with Crippen molar-refractivity contribution in [2.75, 3.05) is 6.54 Å². The summed E-state index contributed by atoms with van der Waals surface area (Å²) < 4.78 is 1.74. The predicted molar refractivity (Wildman–Crippen MR) is 68.9 cm³/mol. The molecule has 6 heteroatoms. The van der Waals surface area contributed by atoms with E-state index in [9.17, 15) is 9.59 Å². The van der Waals surface area contributed by atoms with Gasteiger partial charge in [-0.2, -0.15) is 0 Å². The summed E-state index contributed by atoms with van der Waals surface area (Å²) in [5, 5.41) is 11.5. The second-order valence-electron chi connectivity index (χ2n) is 4.25. The lowest BCUT2D eigenvalue weighted by Gasteiger charge is -2.09. The summed E-state index contributed by atoms with van der Waals surface area (Å²) in [4.78, 5) is 26.9. The van der Waals surface area contributed by atoms with E-state index in [1.54, 1.807) is 29.8 Å². The van der Waals surface area contributed by atoms with Gasteiger partial charge in [-0.25, -0.2) is 4.98 Å². The number of carbonyl (C=O) groups is 2. The van der Waals surface area contributed by atoms with Gasteiger partial charge in [0, 0.05) is 18.9 Å². The third-order valence-electron chi connectivity index (χ3n) is 2.95. The standard InChI is InChI=1S/C13H15N3O3/c1-2-9(13(18)19)7-14-12(17)10-8-16-6-4-3-5-11(16)15-10/h3-6,8-9H,2,7H2,1H3,(H,14,17)(H,18,19). The van der Waals surface area contributed by atoms with Crippen LogP contribution < -0.4 is 5.32 Å². The summed E-state index contributed by atoms with van der Waals surface area (Å²) in [6, 6.07) is 5.47. The Kier molecular flexibility index (Phi) is 3.79. The van der Waals surface area contributed by atoms with E-state index in [2.05, 4.69) is 10.3 Å². The van der Waals surface area contributed by atoms with Crippen LogP contribution in [0.1, 0.15) is 23.8 Å². The van der Waals surface area contributed by atoms with Gasteiger partial charge < -0.3 is 14.8 Å². The van der Waals surface area contributed by atoms with Crippen molar-refractivity contribution >= 4 is 17.5 Å². The monoisotopic (exact) mass is 261 g/mol. The number of pyridine rings is 1. The summed E-state index contributed by atoms with van der Waals surface area (Å²) in [5.74, 6) is -1.83. The number of carbonyl (C=O) groups excluding carboxylic acids is 1. The van der Waals surface area contributed by atoms with Crippen molar-refractivity contribution in [2.45, 2.75) is 13.3 Å². The van der Waals surface area contributed by atoms with Gasteiger partial charge in [-0.15, -0.1) is 0 Å². The van der Waals surface area contributed by atoms with Crippen LogP contribution in [0, 0.1) is 5.92 Å². The molecule has 2 aromatic rings. The fraction of sp³-hybridized carbons (Fsp3) is 0.308. The maximum atomic E-state index is 11.9. The molecule has 0 aliphatic heterocycles. The average Bonchev–Trinajstić information content (AvgIpc) is 2.82. The van der Waals surface area contributed by atoms with Gasteiger partial charge in [-0.1, -0.05) is 13.0 Å². The maximum absolute atomic E-state index is 11.9. The fourth-order valence-electron chi connectivity index (χ4n) is 1.76. The molecule has 0 saturated heterocycles. The molecule has 2 N–H and O–H groups in total. The van der Waals surface area contributed by atoms with Gasteiger partial charge in [0.2, 0.25) is 0 Å². The van der Waals surface area contributed by atoms with E-state index in [4.69, 9.17) is 5.11 Å². The van der Waals surface area contributed by atoms with E-state index in [0.29, 0.717) is 12.1 Å². The highest BCUT2D eigenvalue weighted by Gasteiger charge is 2.17. The van der Waals surface area contributed by atoms with Crippen molar-refractivity contribution in [3.05, 3.63) is 36.3 Å². The molecule has 1 amide bonds. The third-order valence-corrected chi connectivity index (χ3v) is 2.95. The smallest absolute Gasteiger partial charge is 0.308 e. The van der Waals surface area contributed by atoms with Gasteiger partial charge in [0.05, 0.1) is 5.92 Å². The number of nitrogens with one attached hydrogen (secondary N) is 1. The number of imidazole rings is 1. The molecule has 0 saturated carbocycles. The molecule has 0 radical (unpaired) electrons. The highest BCUT2D eigenvalue weighted by molar-refractivity contribution is 5.93. The van der Waals surface area contributed by atoms with E-state index in [1.807, 2.05) is 12.1 Å². The number of carboxylic acids is 1. The summed E-state index contributed by atoms with van der Waals surface area (Å²) >= 11 is 0. The number of aromatic nitrogens is 2. The minimum absolute atomic E-state index is 0.110. The normalized spacial score (nSPS) is 12.3. The van der Waals surface area contributed by atoms with E-state index in [1.165, 1.54) is 0 Å². The van der Waals surface area contributed by atoms with E-state index >= 15 is 0 Å². The molecule has 1 unspecified atom stereocenters. The van der Waals surface area contributed by atoms with Crippen LogP contribution in [0.2, 0.25) is 0 Å².